The monoisotopic (exact) mass is 250 g/mol. The Morgan fingerprint density at radius 1 is 1.44 bits per heavy atom. The maximum atomic E-state index is 11.3. The second-order valence-corrected chi connectivity index (χ2v) is 10.3. The lowest BCUT2D eigenvalue weighted by Crippen LogP contribution is -2.67. The maximum absolute atomic E-state index is 11.3. The van der Waals surface area contributed by atoms with Crippen LogP contribution in [0.2, 0.25) is 19.6 Å². The van der Waals surface area contributed by atoms with E-state index in [-0.39, 0.29) is 0 Å². The summed E-state index contributed by atoms with van der Waals surface area (Å²) < 4.78 is 5.00. The zero-order valence-electron chi connectivity index (χ0n) is 9.54. The molecule has 1 rings (SSSR count). The maximum Gasteiger partial charge on any atom is 0.338 e. The molecule has 4 atom stereocenters. The van der Waals surface area contributed by atoms with E-state index in [1.165, 1.54) is 0 Å². The van der Waals surface area contributed by atoms with Crippen LogP contribution in [0.3, 0.4) is 0 Å². The van der Waals surface area contributed by atoms with Gasteiger partial charge in [-0.05, 0) is 0 Å². The summed E-state index contributed by atoms with van der Waals surface area (Å²) in [6.07, 6.45) is -4.56. The lowest BCUT2D eigenvalue weighted by atomic mass is 10.1. The zero-order valence-corrected chi connectivity index (χ0v) is 10.5. The Hall–Kier alpha value is -0.473. The van der Waals surface area contributed by atoms with Crippen LogP contribution in [0, 0.1) is 0 Å². The van der Waals surface area contributed by atoms with Gasteiger partial charge in [0.05, 0.1) is 6.61 Å². The Morgan fingerprint density at radius 3 is 2.19 bits per heavy atom. The summed E-state index contributed by atoms with van der Waals surface area (Å²) >= 11 is 0. The van der Waals surface area contributed by atoms with Crippen molar-refractivity contribution in [2.75, 3.05) is 6.61 Å². The minimum atomic E-state index is -2.37. The highest BCUT2D eigenvalue weighted by atomic mass is 28.3. The topological polar surface area (TPSA) is 107 Å². The van der Waals surface area contributed by atoms with Crippen LogP contribution in [0.4, 0.5) is 0 Å². The molecule has 16 heavy (non-hydrogen) atoms. The summed E-state index contributed by atoms with van der Waals surface area (Å²) in [5.74, 6) is -0.956. The highest BCUT2D eigenvalue weighted by Crippen LogP contribution is 2.38. The van der Waals surface area contributed by atoms with Gasteiger partial charge in [-0.2, -0.15) is 0 Å². The number of hydrogen-bond acceptors (Lipinski definition) is 6. The first-order valence-corrected chi connectivity index (χ1v) is 8.56. The summed E-state index contributed by atoms with van der Waals surface area (Å²) in [6, 6.07) is 0. The third kappa shape index (κ3) is 1.68. The lowest BCUT2D eigenvalue weighted by Gasteiger charge is -2.43. The first kappa shape index (κ1) is 13.6. The second kappa shape index (κ2) is 4.08. The van der Waals surface area contributed by atoms with E-state index in [1.54, 1.807) is 19.6 Å². The van der Waals surface area contributed by atoms with Gasteiger partial charge in [-0.25, -0.2) is 4.79 Å². The fourth-order valence-corrected chi connectivity index (χ4v) is 4.69. The van der Waals surface area contributed by atoms with Crippen LogP contribution in [-0.2, 0) is 9.53 Å². The molecule has 0 saturated carbocycles. The van der Waals surface area contributed by atoms with Crippen molar-refractivity contribution in [3.05, 3.63) is 0 Å². The van der Waals surface area contributed by atoms with Gasteiger partial charge in [0.1, 0.15) is 20.3 Å². The van der Waals surface area contributed by atoms with Gasteiger partial charge in [0.2, 0.25) is 0 Å². The fraction of sp³-hybridized carbons (Fsp3) is 0.889. The Kier molecular flexibility index (Phi) is 3.47. The van der Waals surface area contributed by atoms with E-state index in [0.717, 1.165) is 0 Å². The first-order chi connectivity index (χ1) is 7.18. The third-order valence-corrected chi connectivity index (χ3v) is 6.17. The minimum Gasteiger partial charge on any atom is -0.455 e. The molecule has 0 radical (unpaired) electrons. The average Bonchev–Trinajstić information content (AvgIpc) is 2.41. The van der Waals surface area contributed by atoms with Crippen LogP contribution in [0.15, 0.2) is 0 Å². The minimum absolute atomic E-state index is 0.638. The second-order valence-electron chi connectivity index (χ2n) is 5.05. The van der Waals surface area contributed by atoms with Gasteiger partial charge in [0, 0.05) is 0 Å². The number of hydrogen-bond donors (Lipinski definition) is 4. The van der Waals surface area contributed by atoms with Crippen LogP contribution in [-0.4, -0.2) is 64.6 Å². The van der Waals surface area contributed by atoms with E-state index >= 15 is 0 Å². The molecule has 0 spiro atoms. The summed E-state index contributed by atoms with van der Waals surface area (Å²) in [5.41, 5.74) is 0. The van der Waals surface area contributed by atoms with Crippen molar-refractivity contribution >= 4 is 14.0 Å². The highest BCUT2D eigenvalue weighted by molar-refractivity contribution is 6.79. The van der Waals surface area contributed by atoms with Gasteiger partial charge in [0.25, 0.3) is 0 Å². The molecule has 0 bridgehead atoms. The average molecular weight is 250 g/mol. The molecule has 94 valence electrons. The molecule has 7 heteroatoms. The van der Waals surface area contributed by atoms with Gasteiger partial charge in [-0.1, -0.05) is 19.6 Å². The standard InChI is InChI=1S/C9H18O6Si/c1-16(2,3)9(5(11)4-10)7(13)6(12)8(14)15-9/h5-7,10-13H,4H2,1-3H3/t5-,6-,7+,9+/m0/s1. The molecular weight excluding hydrogens is 232 g/mol. The van der Waals surface area contributed by atoms with Crippen LogP contribution in [0.25, 0.3) is 0 Å². The number of ether oxygens (including phenoxy) is 1. The van der Waals surface area contributed by atoms with Gasteiger partial charge in [-0.3, -0.25) is 0 Å². The summed E-state index contributed by atoms with van der Waals surface area (Å²) in [4.78, 5) is 11.3. The van der Waals surface area contributed by atoms with Crippen molar-refractivity contribution < 1.29 is 30.0 Å². The molecule has 0 aliphatic carbocycles. The van der Waals surface area contributed by atoms with Crippen molar-refractivity contribution in [1.29, 1.82) is 0 Å². The van der Waals surface area contributed by atoms with Crippen molar-refractivity contribution in [2.45, 2.75) is 43.2 Å². The molecule has 0 aromatic carbocycles. The third-order valence-electron chi connectivity index (χ3n) is 3.09. The van der Waals surface area contributed by atoms with Crippen molar-refractivity contribution in [3.8, 4) is 0 Å². The van der Waals surface area contributed by atoms with Crippen LogP contribution in [0.5, 0.6) is 0 Å². The molecule has 4 N–H and O–H groups in total. The Bertz CT molecular complexity index is 288. The van der Waals surface area contributed by atoms with Gasteiger partial charge >= 0.3 is 5.97 Å². The number of esters is 1. The molecule has 0 aromatic heterocycles. The van der Waals surface area contributed by atoms with E-state index in [9.17, 15) is 20.1 Å². The molecule has 0 amide bonds. The van der Waals surface area contributed by atoms with E-state index in [0.29, 0.717) is 0 Å². The normalized spacial score (nSPS) is 37.3. The highest BCUT2D eigenvalue weighted by Gasteiger charge is 2.65. The number of carbonyl (C=O) groups is 1. The molecular formula is C9H18O6Si. The molecule has 6 nitrogen and oxygen atoms in total. The Morgan fingerprint density at radius 2 is 1.94 bits per heavy atom. The van der Waals surface area contributed by atoms with Crippen molar-refractivity contribution in [3.63, 3.8) is 0 Å². The van der Waals surface area contributed by atoms with Crippen molar-refractivity contribution in [1.82, 2.24) is 0 Å². The predicted octanol–water partition coefficient (Wildman–Crippen LogP) is -1.77. The Balaban J connectivity index is 3.22. The van der Waals surface area contributed by atoms with Crippen LogP contribution < -0.4 is 0 Å². The zero-order chi connectivity index (χ0) is 12.7. The van der Waals surface area contributed by atoms with E-state index in [2.05, 4.69) is 0 Å². The molecule has 1 heterocycles. The molecule has 0 unspecified atom stereocenters. The SMILES string of the molecule is C[Si](C)(C)[C@@]1([C@@H](O)CO)OC(=O)[C@@H](O)[C@H]1O. The number of aliphatic hydroxyl groups is 4. The predicted molar refractivity (Wildman–Crippen MR) is 57.3 cm³/mol. The fourth-order valence-electron chi connectivity index (χ4n) is 2.15. The molecule has 1 aliphatic rings. The lowest BCUT2D eigenvalue weighted by molar-refractivity contribution is -0.157. The molecule has 1 aliphatic heterocycles. The van der Waals surface area contributed by atoms with Crippen LogP contribution >= 0.6 is 0 Å². The van der Waals surface area contributed by atoms with Crippen LogP contribution in [0.1, 0.15) is 0 Å². The number of carbonyl (C=O) groups excluding carboxylic acids is 1. The number of rotatable bonds is 3. The molecule has 1 saturated heterocycles. The summed E-state index contributed by atoms with van der Waals surface area (Å²) in [6.45, 7) is 4.70. The first-order valence-electron chi connectivity index (χ1n) is 5.06. The quantitative estimate of drug-likeness (QED) is 0.349. The van der Waals surface area contributed by atoms with Gasteiger partial charge < -0.3 is 25.2 Å². The van der Waals surface area contributed by atoms with E-state index in [1.807, 2.05) is 0 Å². The molecule has 0 aromatic rings. The van der Waals surface area contributed by atoms with Gasteiger partial charge in [-0.15, -0.1) is 0 Å². The number of cyclic esters (lactones) is 1. The van der Waals surface area contributed by atoms with Crippen molar-refractivity contribution in [2.24, 2.45) is 0 Å². The summed E-state index contributed by atoms with van der Waals surface area (Å²) in [5, 5.41) is 36.5. The smallest absolute Gasteiger partial charge is 0.338 e. The molecule has 1 fully saturated rings. The Labute approximate surface area is 94.5 Å². The van der Waals surface area contributed by atoms with Gasteiger partial charge in [0.15, 0.2) is 11.3 Å². The summed E-state index contributed by atoms with van der Waals surface area (Å²) in [7, 11) is -2.37. The number of aliphatic hydroxyl groups excluding tert-OH is 4. The van der Waals surface area contributed by atoms with E-state index in [4.69, 9.17) is 9.84 Å². The van der Waals surface area contributed by atoms with E-state index < -0.39 is 44.2 Å². The largest absolute Gasteiger partial charge is 0.455 e.